The number of hydrogen-bond acceptors (Lipinski definition) is 3. The lowest BCUT2D eigenvalue weighted by Crippen LogP contribution is -2.44. The first-order valence-electron chi connectivity index (χ1n) is 5.67. The van der Waals surface area contributed by atoms with Gasteiger partial charge in [-0.1, -0.05) is 20.8 Å². The molecule has 5 heteroatoms. The molecule has 0 aromatic carbocycles. The molecule has 4 nitrogen and oxygen atoms in total. The van der Waals surface area contributed by atoms with Gasteiger partial charge >= 0.3 is 0 Å². The summed E-state index contributed by atoms with van der Waals surface area (Å²) in [5.74, 6) is 0.258. The second kappa shape index (κ2) is 6.21. The fourth-order valence-electron chi connectivity index (χ4n) is 1.50. The van der Waals surface area contributed by atoms with Crippen LogP contribution in [0.1, 0.15) is 41.0 Å². The van der Waals surface area contributed by atoms with Gasteiger partial charge in [-0.2, -0.15) is 9.57 Å². The molecule has 1 atom stereocenters. The van der Waals surface area contributed by atoms with Gasteiger partial charge in [0.1, 0.15) is 0 Å². The number of sulfonamides is 1. The van der Waals surface area contributed by atoms with Crippen LogP contribution in [0.3, 0.4) is 0 Å². The van der Waals surface area contributed by atoms with Crippen molar-refractivity contribution < 1.29 is 8.42 Å². The van der Waals surface area contributed by atoms with Crippen LogP contribution in [0.4, 0.5) is 0 Å². The summed E-state index contributed by atoms with van der Waals surface area (Å²) in [5.41, 5.74) is 0. The van der Waals surface area contributed by atoms with Crippen molar-refractivity contribution >= 4 is 10.0 Å². The van der Waals surface area contributed by atoms with Crippen LogP contribution in [0.2, 0.25) is 0 Å². The molecule has 0 aliphatic heterocycles. The predicted molar refractivity (Wildman–Crippen MR) is 65.3 cm³/mol. The third-order valence-electron chi connectivity index (χ3n) is 2.32. The molecule has 0 radical (unpaired) electrons. The summed E-state index contributed by atoms with van der Waals surface area (Å²) in [6.07, 6.45) is 0.333. The van der Waals surface area contributed by atoms with Gasteiger partial charge in [-0.05, 0) is 26.2 Å². The van der Waals surface area contributed by atoms with Crippen molar-refractivity contribution in [3.05, 3.63) is 0 Å². The molecular weight excluding hydrogens is 224 g/mol. The first kappa shape index (κ1) is 15.4. The first-order valence-corrected chi connectivity index (χ1v) is 7.17. The Kier molecular flexibility index (Phi) is 5.98. The van der Waals surface area contributed by atoms with Gasteiger partial charge < -0.3 is 0 Å². The molecule has 0 aromatic heterocycles. The molecular formula is C11H22N2O2S. The van der Waals surface area contributed by atoms with Crippen molar-refractivity contribution in [3.63, 3.8) is 0 Å². The number of rotatable bonds is 6. The van der Waals surface area contributed by atoms with Crippen LogP contribution in [0.15, 0.2) is 0 Å². The van der Waals surface area contributed by atoms with Crippen LogP contribution in [0, 0.1) is 17.2 Å². The highest BCUT2D eigenvalue weighted by molar-refractivity contribution is 7.90. The molecule has 0 N–H and O–H groups in total. The number of nitrogens with zero attached hydrogens (tertiary/aromatic N) is 2. The van der Waals surface area contributed by atoms with Gasteiger partial charge in [0.05, 0.1) is 6.07 Å². The Balaban J connectivity index is 5.13. The molecule has 0 amide bonds. The maximum Gasteiger partial charge on any atom is 0.230 e. The van der Waals surface area contributed by atoms with Crippen LogP contribution in [-0.4, -0.2) is 30.6 Å². The lowest BCUT2D eigenvalue weighted by molar-refractivity contribution is 0.316. The second-order valence-corrected chi connectivity index (χ2v) is 6.70. The standard InChI is InChI=1S/C11H22N2O2S/c1-6-11(7-12)16(14,15)13(10(4)5)8-9(2)3/h9-11H,6,8H2,1-5H3. The van der Waals surface area contributed by atoms with Gasteiger partial charge in [0.2, 0.25) is 10.0 Å². The van der Waals surface area contributed by atoms with Crippen LogP contribution >= 0.6 is 0 Å². The average molecular weight is 246 g/mol. The van der Waals surface area contributed by atoms with E-state index in [-0.39, 0.29) is 12.0 Å². The van der Waals surface area contributed by atoms with Crippen molar-refractivity contribution in [2.45, 2.75) is 52.3 Å². The van der Waals surface area contributed by atoms with Gasteiger partial charge in [0, 0.05) is 12.6 Å². The number of hydrogen-bond donors (Lipinski definition) is 0. The molecule has 16 heavy (non-hydrogen) atoms. The highest BCUT2D eigenvalue weighted by Crippen LogP contribution is 2.17. The van der Waals surface area contributed by atoms with E-state index >= 15 is 0 Å². The summed E-state index contributed by atoms with van der Waals surface area (Å²) in [5, 5.41) is 7.95. The lowest BCUT2D eigenvalue weighted by atomic mass is 10.2. The minimum absolute atomic E-state index is 0.102. The quantitative estimate of drug-likeness (QED) is 0.720. The molecule has 0 heterocycles. The van der Waals surface area contributed by atoms with E-state index in [4.69, 9.17) is 5.26 Å². The molecule has 0 rings (SSSR count). The fourth-order valence-corrected chi connectivity index (χ4v) is 3.48. The Labute approximate surface area is 99.3 Å². The van der Waals surface area contributed by atoms with E-state index in [1.807, 2.05) is 33.8 Å². The lowest BCUT2D eigenvalue weighted by Gasteiger charge is -2.29. The Bertz CT molecular complexity index is 341. The van der Waals surface area contributed by atoms with Gasteiger partial charge in [-0.25, -0.2) is 8.42 Å². The van der Waals surface area contributed by atoms with Crippen molar-refractivity contribution in [1.82, 2.24) is 4.31 Å². The van der Waals surface area contributed by atoms with Crippen LogP contribution in [0.25, 0.3) is 0 Å². The van der Waals surface area contributed by atoms with E-state index in [1.165, 1.54) is 4.31 Å². The zero-order chi connectivity index (χ0) is 12.9. The first-order chi connectivity index (χ1) is 7.27. The van der Waals surface area contributed by atoms with E-state index in [0.29, 0.717) is 13.0 Å². The number of nitriles is 1. The summed E-state index contributed by atoms with van der Waals surface area (Å²) in [4.78, 5) is 0. The van der Waals surface area contributed by atoms with Crippen molar-refractivity contribution in [2.75, 3.05) is 6.54 Å². The third kappa shape index (κ3) is 3.76. The van der Waals surface area contributed by atoms with E-state index in [2.05, 4.69) is 0 Å². The van der Waals surface area contributed by atoms with Crippen LogP contribution in [0.5, 0.6) is 0 Å². The maximum atomic E-state index is 12.2. The van der Waals surface area contributed by atoms with E-state index in [0.717, 1.165) is 0 Å². The van der Waals surface area contributed by atoms with Crippen molar-refractivity contribution in [1.29, 1.82) is 5.26 Å². The largest absolute Gasteiger partial charge is 0.230 e. The third-order valence-corrected chi connectivity index (χ3v) is 4.70. The molecule has 0 fully saturated rings. The van der Waals surface area contributed by atoms with Crippen molar-refractivity contribution in [2.24, 2.45) is 5.92 Å². The SMILES string of the molecule is CCC(C#N)S(=O)(=O)N(CC(C)C)C(C)C. The maximum absolute atomic E-state index is 12.2. The zero-order valence-corrected chi connectivity index (χ0v) is 11.6. The Hall–Kier alpha value is -0.600. The topological polar surface area (TPSA) is 61.2 Å². The van der Waals surface area contributed by atoms with Gasteiger partial charge in [0.15, 0.2) is 5.25 Å². The Morgan fingerprint density at radius 1 is 1.25 bits per heavy atom. The highest BCUT2D eigenvalue weighted by Gasteiger charge is 2.32. The normalized spacial score (nSPS) is 14.4. The van der Waals surface area contributed by atoms with E-state index in [9.17, 15) is 8.42 Å². The van der Waals surface area contributed by atoms with Gasteiger partial charge in [-0.3, -0.25) is 0 Å². The van der Waals surface area contributed by atoms with Gasteiger partial charge in [0.25, 0.3) is 0 Å². The molecule has 0 bridgehead atoms. The molecule has 1 unspecified atom stereocenters. The molecule has 0 aliphatic carbocycles. The summed E-state index contributed by atoms with van der Waals surface area (Å²) < 4.78 is 25.8. The molecule has 0 spiro atoms. The van der Waals surface area contributed by atoms with Crippen molar-refractivity contribution in [3.8, 4) is 6.07 Å². The van der Waals surface area contributed by atoms with Crippen LogP contribution < -0.4 is 0 Å². The molecule has 0 saturated carbocycles. The average Bonchev–Trinajstić information content (AvgIpc) is 2.14. The van der Waals surface area contributed by atoms with Crippen LogP contribution in [-0.2, 0) is 10.0 Å². The molecule has 0 saturated heterocycles. The second-order valence-electron chi connectivity index (χ2n) is 4.63. The summed E-state index contributed by atoms with van der Waals surface area (Å²) >= 11 is 0. The van der Waals surface area contributed by atoms with E-state index < -0.39 is 15.3 Å². The summed E-state index contributed by atoms with van der Waals surface area (Å²) in [6, 6.07) is 1.77. The monoisotopic (exact) mass is 246 g/mol. The summed E-state index contributed by atoms with van der Waals surface area (Å²) in [7, 11) is -3.49. The minimum atomic E-state index is -3.49. The minimum Gasteiger partial charge on any atom is -0.211 e. The van der Waals surface area contributed by atoms with Gasteiger partial charge in [-0.15, -0.1) is 0 Å². The molecule has 94 valence electrons. The predicted octanol–water partition coefficient (Wildman–Crippen LogP) is 1.98. The smallest absolute Gasteiger partial charge is 0.211 e. The van der Waals surface area contributed by atoms with E-state index in [1.54, 1.807) is 6.92 Å². The Morgan fingerprint density at radius 2 is 1.75 bits per heavy atom. The molecule has 0 aliphatic rings. The fraction of sp³-hybridized carbons (Fsp3) is 0.909. The molecule has 0 aromatic rings. The Morgan fingerprint density at radius 3 is 2.00 bits per heavy atom. The summed E-state index contributed by atoms with van der Waals surface area (Å²) in [6.45, 7) is 9.81. The highest BCUT2D eigenvalue weighted by atomic mass is 32.2. The zero-order valence-electron chi connectivity index (χ0n) is 10.8.